The molecule has 6 nitrogen and oxygen atoms in total. The lowest BCUT2D eigenvalue weighted by Crippen LogP contribution is -2.43. The van der Waals surface area contributed by atoms with E-state index in [1.165, 1.54) is 0 Å². The van der Waals surface area contributed by atoms with E-state index in [0.717, 1.165) is 10.5 Å². The average molecular weight is 270 g/mol. The number of carbonyl (C=O) groups is 2. The molecule has 0 spiro atoms. The van der Waals surface area contributed by atoms with Gasteiger partial charge >= 0.3 is 0 Å². The number of fused-ring (bicyclic) bond motifs is 1. The van der Waals surface area contributed by atoms with Crippen LogP contribution in [-0.4, -0.2) is 21.6 Å². The van der Waals surface area contributed by atoms with Gasteiger partial charge in [-0.15, -0.1) is 0 Å². The Labute approximate surface area is 115 Å². The van der Waals surface area contributed by atoms with Crippen molar-refractivity contribution in [3.63, 3.8) is 0 Å². The Kier molecular flexibility index (Phi) is 2.87. The van der Waals surface area contributed by atoms with Crippen LogP contribution in [0.25, 0.3) is 0 Å². The fraction of sp³-hybridized carbons (Fsp3) is 0.214. The molecule has 0 bridgehead atoms. The molecule has 6 heteroatoms. The smallest absolute Gasteiger partial charge is 0.266 e. The number of benzene rings is 1. The molecule has 1 aliphatic rings. The van der Waals surface area contributed by atoms with Crippen LogP contribution in [0.5, 0.6) is 0 Å². The number of hydrogen-bond donors (Lipinski definition) is 1. The highest BCUT2D eigenvalue weighted by Crippen LogP contribution is 2.26. The number of imide groups is 1. The molecule has 0 aliphatic carbocycles. The minimum absolute atomic E-state index is 0.197. The van der Waals surface area contributed by atoms with Crippen LogP contribution in [0.4, 0.5) is 5.82 Å². The van der Waals surface area contributed by atoms with Gasteiger partial charge < -0.3 is 5.73 Å². The summed E-state index contributed by atoms with van der Waals surface area (Å²) in [6, 6.07) is 7.13. The quantitative estimate of drug-likeness (QED) is 0.811. The Morgan fingerprint density at radius 3 is 2.80 bits per heavy atom. The minimum Gasteiger partial charge on any atom is -0.326 e. The maximum absolute atomic E-state index is 12.5. The zero-order valence-electron chi connectivity index (χ0n) is 11.0. The molecule has 0 saturated carbocycles. The third-order valence-electron chi connectivity index (χ3n) is 3.36. The van der Waals surface area contributed by atoms with Gasteiger partial charge in [-0.2, -0.15) is 5.10 Å². The third kappa shape index (κ3) is 1.81. The second kappa shape index (κ2) is 4.57. The zero-order chi connectivity index (χ0) is 14.3. The lowest BCUT2D eigenvalue weighted by Gasteiger charge is -2.25. The molecule has 2 amide bonds. The van der Waals surface area contributed by atoms with Gasteiger partial charge in [0.2, 0.25) is 5.91 Å². The molecule has 1 aromatic carbocycles. The van der Waals surface area contributed by atoms with Crippen LogP contribution in [0.2, 0.25) is 0 Å². The summed E-state index contributed by atoms with van der Waals surface area (Å²) in [6.07, 6.45) is 1.92. The third-order valence-corrected chi connectivity index (χ3v) is 3.36. The van der Waals surface area contributed by atoms with E-state index in [1.54, 1.807) is 36.1 Å². The van der Waals surface area contributed by atoms with Crippen molar-refractivity contribution in [2.75, 3.05) is 4.90 Å². The second-order valence-electron chi connectivity index (χ2n) is 4.72. The number of aryl methyl sites for hydroxylation is 1. The maximum Gasteiger partial charge on any atom is 0.266 e. The van der Waals surface area contributed by atoms with Crippen LogP contribution in [0.15, 0.2) is 30.5 Å². The van der Waals surface area contributed by atoms with Crippen molar-refractivity contribution in [3.05, 3.63) is 47.2 Å². The first kappa shape index (κ1) is 12.6. The average Bonchev–Trinajstić information content (AvgIpc) is 2.80. The Bertz CT molecular complexity index is 705. The summed E-state index contributed by atoms with van der Waals surface area (Å²) in [4.78, 5) is 25.9. The van der Waals surface area contributed by atoms with Crippen LogP contribution in [0, 0.1) is 0 Å². The van der Waals surface area contributed by atoms with Gasteiger partial charge in [-0.05, 0) is 11.6 Å². The molecule has 2 aromatic rings. The topological polar surface area (TPSA) is 81.2 Å². The van der Waals surface area contributed by atoms with Crippen molar-refractivity contribution < 1.29 is 9.59 Å². The molecule has 3 rings (SSSR count). The number of rotatable bonds is 2. The lowest BCUT2D eigenvalue weighted by atomic mass is 9.98. The van der Waals surface area contributed by atoms with E-state index in [1.807, 2.05) is 6.07 Å². The van der Waals surface area contributed by atoms with Crippen molar-refractivity contribution in [2.45, 2.75) is 13.0 Å². The number of carbonyl (C=O) groups excluding carboxylic acids is 2. The number of nitrogens with zero attached hydrogens (tertiary/aromatic N) is 3. The van der Waals surface area contributed by atoms with E-state index in [0.29, 0.717) is 16.9 Å². The number of hydrogen-bond acceptors (Lipinski definition) is 4. The fourth-order valence-corrected chi connectivity index (χ4v) is 2.43. The predicted molar refractivity (Wildman–Crippen MR) is 73.1 cm³/mol. The van der Waals surface area contributed by atoms with Gasteiger partial charge in [0.25, 0.3) is 5.91 Å². The highest BCUT2D eigenvalue weighted by Gasteiger charge is 2.34. The number of amides is 2. The van der Waals surface area contributed by atoms with E-state index in [-0.39, 0.29) is 24.8 Å². The predicted octanol–water partition coefficient (Wildman–Crippen LogP) is 0.608. The Hall–Kier alpha value is -2.47. The summed E-state index contributed by atoms with van der Waals surface area (Å²) in [7, 11) is 1.73. The summed E-state index contributed by atoms with van der Waals surface area (Å²) in [6.45, 7) is 0.224. The molecule has 2 N–H and O–H groups in total. The van der Waals surface area contributed by atoms with Gasteiger partial charge in [0.15, 0.2) is 5.82 Å². The van der Waals surface area contributed by atoms with Gasteiger partial charge in [-0.1, -0.05) is 18.2 Å². The highest BCUT2D eigenvalue weighted by molar-refractivity contribution is 6.24. The standard InChI is InChI=1S/C14H14N4O2/c1-17-8-10(7-15)13(16-17)18-12(19)6-9-4-2-3-5-11(9)14(18)20/h2-5,8H,6-7,15H2,1H3. The molecule has 0 atom stereocenters. The Morgan fingerprint density at radius 1 is 1.30 bits per heavy atom. The number of nitrogens with two attached hydrogens (primary N) is 1. The SMILES string of the molecule is Cn1cc(CN)c(N2C(=O)Cc3ccccc3C2=O)n1. The first-order valence-electron chi connectivity index (χ1n) is 6.29. The molecular weight excluding hydrogens is 256 g/mol. The minimum atomic E-state index is -0.342. The molecule has 0 fully saturated rings. The largest absolute Gasteiger partial charge is 0.326 e. The molecule has 1 aliphatic heterocycles. The lowest BCUT2D eigenvalue weighted by molar-refractivity contribution is -0.117. The Balaban J connectivity index is 2.11. The van der Waals surface area contributed by atoms with Gasteiger partial charge in [0.1, 0.15) is 0 Å². The van der Waals surface area contributed by atoms with Crippen molar-refractivity contribution in [3.8, 4) is 0 Å². The fourth-order valence-electron chi connectivity index (χ4n) is 2.43. The molecule has 1 aromatic heterocycles. The van der Waals surface area contributed by atoms with E-state index in [9.17, 15) is 9.59 Å². The first-order chi connectivity index (χ1) is 9.61. The van der Waals surface area contributed by atoms with Crippen molar-refractivity contribution in [1.82, 2.24) is 9.78 Å². The van der Waals surface area contributed by atoms with Crippen LogP contribution in [0.1, 0.15) is 21.5 Å². The normalized spacial score (nSPS) is 14.6. The highest BCUT2D eigenvalue weighted by atomic mass is 16.2. The monoisotopic (exact) mass is 270 g/mol. The summed E-state index contributed by atoms with van der Waals surface area (Å²) in [5.74, 6) is -0.285. The van der Waals surface area contributed by atoms with Crippen LogP contribution < -0.4 is 10.6 Å². The first-order valence-corrected chi connectivity index (χ1v) is 6.29. The molecule has 20 heavy (non-hydrogen) atoms. The molecule has 2 heterocycles. The van der Waals surface area contributed by atoms with Crippen molar-refractivity contribution >= 4 is 17.6 Å². The molecule has 0 radical (unpaired) electrons. The van der Waals surface area contributed by atoms with Crippen molar-refractivity contribution in [2.24, 2.45) is 12.8 Å². The number of anilines is 1. The van der Waals surface area contributed by atoms with Gasteiger partial charge in [0.05, 0.1) is 6.42 Å². The second-order valence-corrected chi connectivity index (χ2v) is 4.72. The summed E-state index contributed by atoms with van der Waals surface area (Å²) >= 11 is 0. The van der Waals surface area contributed by atoms with Crippen LogP contribution in [0.3, 0.4) is 0 Å². The van der Waals surface area contributed by atoms with Gasteiger partial charge in [0, 0.05) is 30.9 Å². The Morgan fingerprint density at radius 2 is 2.05 bits per heavy atom. The van der Waals surface area contributed by atoms with Crippen molar-refractivity contribution in [1.29, 1.82) is 0 Å². The van der Waals surface area contributed by atoms with Gasteiger partial charge in [-0.3, -0.25) is 14.3 Å². The summed E-state index contributed by atoms with van der Waals surface area (Å²) in [5, 5.41) is 4.20. The molecule has 0 unspecified atom stereocenters. The van der Waals surface area contributed by atoms with E-state index < -0.39 is 0 Å². The summed E-state index contributed by atoms with van der Waals surface area (Å²) < 4.78 is 1.55. The maximum atomic E-state index is 12.5. The van der Waals surface area contributed by atoms with Gasteiger partial charge in [-0.25, -0.2) is 4.90 Å². The molecular formula is C14H14N4O2. The van der Waals surface area contributed by atoms with Crippen LogP contribution >= 0.6 is 0 Å². The zero-order valence-corrected chi connectivity index (χ0v) is 11.0. The van der Waals surface area contributed by atoms with E-state index in [4.69, 9.17) is 5.73 Å². The number of aromatic nitrogens is 2. The van der Waals surface area contributed by atoms with Crippen LogP contribution in [-0.2, 0) is 24.8 Å². The van der Waals surface area contributed by atoms with E-state index in [2.05, 4.69) is 5.10 Å². The molecule has 102 valence electrons. The summed E-state index contributed by atoms with van der Waals surface area (Å²) in [5.41, 5.74) is 7.62. The molecule has 0 saturated heterocycles. The van der Waals surface area contributed by atoms with E-state index >= 15 is 0 Å².